The number of nitrogens with zero attached hydrogens (tertiary/aromatic N) is 2. The smallest absolute Gasteiger partial charge is 0.269 e. The van der Waals surface area contributed by atoms with Crippen molar-refractivity contribution in [1.29, 1.82) is 0 Å². The summed E-state index contributed by atoms with van der Waals surface area (Å²) in [6.07, 6.45) is 2.18. The van der Waals surface area contributed by atoms with Crippen LogP contribution in [-0.4, -0.2) is 22.0 Å². The van der Waals surface area contributed by atoms with Gasteiger partial charge in [0, 0.05) is 17.9 Å². The molecule has 1 amide bonds. The Morgan fingerprint density at radius 2 is 2.37 bits per heavy atom. The Hall–Kier alpha value is -1.95. The SMILES string of the molecule is Cc1nnsc1C(=O)Nc1ccc2c(c1)CCCN2. The van der Waals surface area contributed by atoms with Gasteiger partial charge in [-0.3, -0.25) is 4.79 Å². The summed E-state index contributed by atoms with van der Waals surface area (Å²) in [4.78, 5) is 12.6. The summed E-state index contributed by atoms with van der Waals surface area (Å²) in [7, 11) is 0. The molecule has 0 saturated carbocycles. The van der Waals surface area contributed by atoms with E-state index in [1.165, 1.54) is 11.3 Å². The molecule has 0 saturated heterocycles. The fourth-order valence-corrected chi connectivity index (χ4v) is 2.73. The third-order valence-corrected chi connectivity index (χ3v) is 3.99. The number of hydrogen-bond donors (Lipinski definition) is 2. The van der Waals surface area contributed by atoms with Gasteiger partial charge in [0.1, 0.15) is 4.88 Å². The molecule has 0 bridgehead atoms. The van der Waals surface area contributed by atoms with Crippen molar-refractivity contribution in [3.05, 3.63) is 34.3 Å². The van der Waals surface area contributed by atoms with Gasteiger partial charge in [-0.25, -0.2) is 0 Å². The first kappa shape index (κ1) is 12.1. The Bertz CT molecular complexity index is 623. The summed E-state index contributed by atoms with van der Waals surface area (Å²) in [6.45, 7) is 2.81. The van der Waals surface area contributed by atoms with Crippen LogP contribution in [0.2, 0.25) is 0 Å². The van der Waals surface area contributed by atoms with Crippen molar-refractivity contribution >= 4 is 28.8 Å². The van der Waals surface area contributed by atoms with Crippen LogP contribution in [0.1, 0.15) is 27.3 Å². The van der Waals surface area contributed by atoms with E-state index in [1.54, 1.807) is 6.92 Å². The van der Waals surface area contributed by atoms with Gasteiger partial charge in [0.2, 0.25) is 0 Å². The zero-order valence-electron chi connectivity index (χ0n) is 10.6. The second kappa shape index (κ2) is 4.97. The fourth-order valence-electron chi connectivity index (χ4n) is 2.18. The first-order valence-electron chi connectivity index (χ1n) is 6.21. The van der Waals surface area contributed by atoms with E-state index in [-0.39, 0.29) is 5.91 Å². The van der Waals surface area contributed by atoms with Crippen molar-refractivity contribution in [2.24, 2.45) is 0 Å². The largest absolute Gasteiger partial charge is 0.385 e. The lowest BCUT2D eigenvalue weighted by atomic mass is 10.0. The summed E-state index contributed by atoms with van der Waals surface area (Å²) in [5, 5.41) is 10.1. The van der Waals surface area contributed by atoms with Gasteiger partial charge in [0.15, 0.2) is 0 Å². The van der Waals surface area contributed by atoms with Gasteiger partial charge in [-0.2, -0.15) is 0 Å². The highest BCUT2D eigenvalue weighted by atomic mass is 32.1. The molecule has 1 aliphatic heterocycles. The highest BCUT2D eigenvalue weighted by molar-refractivity contribution is 7.08. The lowest BCUT2D eigenvalue weighted by Crippen LogP contribution is -2.14. The lowest BCUT2D eigenvalue weighted by molar-refractivity contribution is 0.103. The topological polar surface area (TPSA) is 66.9 Å². The Labute approximate surface area is 115 Å². The quantitative estimate of drug-likeness (QED) is 0.882. The Kier molecular flexibility index (Phi) is 3.16. The van der Waals surface area contributed by atoms with E-state index in [2.05, 4.69) is 20.2 Å². The first-order chi connectivity index (χ1) is 9.24. The number of hydrogen-bond acceptors (Lipinski definition) is 5. The van der Waals surface area contributed by atoms with E-state index in [0.717, 1.165) is 36.6 Å². The minimum atomic E-state index is -0.142. The lowest BCUT2D eigenvalue weighted by Gasteiger charge is -2.18. The molecular formula is C13H14N4OS. The molecule has 1 aliphatic rings. The molecule has 0 unspecified atom stereocenters. The van der Waals surface area contributed by atoms with Crippen molar-refractivity contribution in [1.82, 2.24) is 9.59 Å². The number of aryl methyl sites for hydroxylation is 2. The van der Waals surface area contributed by atoms with Crippen LogP contribution in [-0.2, 0) is 6.42 Å². The summed E-state index contributed by atoms with van der Waals surface area (Å²) in [5.74, 6) is -0.142. The second-order valence-electron chi connectivity index (χ2n) is 4.54. The highest BCUT2D eigenvalue weighted by Crippen LogP contribution is 2.25. The number of aromatic nitrogens is 2. The molecule has 1 aromatic heterocycles. The predicted octanol–water partition coefficient (Wildman–Crippen LogP) is 2.46. The normalized spacial score (nSPS) is 13.5. The Morgan fingerprint density at radius 1 is 1.47 bits per heavy atom. The maximum absolute atomic E-state index is 12.1. The minimum absolute atomic E-state index is 0.142. The van der Waals surface area contributed by atoms with Gasteiger partial charge in [0.05, 0.1) is 5.69 Å². The van der Waals surface area contributed by atoms with Crippen LogP contribution >= 0.6 is 11.5 Å². The third kappa shape index (κ3) is 2.44. The highest BCUT2D eigenvalue weighted by Gasteiger charge is 2.14. The number of amides is 1. The Balaban J connectivity index is 1.80. The number of benzene rings is 1. The maximum atomic E-state index is 12.1. The van der Waals surface area contributed by atoms with Crippen LogP contribution in [0.4, 0.5) is 11.4 Å². The van der Waals surface area contributed by atoms with Crippen LogP contribution in [0.25, 0.3) is 0 Å². The van der Waals surface area contributed by atoms with Gasteiger partial charge in [-0.1, -0.05) is 4.49 Å². The Morgan fingerprint density at radius 3 is 3.16 bits per heavy atom. The predicted molar refractivity (Wildman–Crippen MR) is 75.9 cm³/mol. The number of carbonyl (C=O) groups is 1. The molecule has 0 radical (unpaired) electrons. The minimum Gasteiger partial charge on any atom is -0.385 e. The third-order valence-electron chi connectivity index (χ3n) is 3.16. The van der Waals surface area contributed by atoms with Crippen molar-refractivity contribution in [2.45, 2.75) is 19.8 Å². The average molecular weight is 274 g/mol. The fraction of sp³-hybridized carbons (Fsp3) is 0.308. The van der Waals surface area contributed by atoms with Crippen LogP contribution < -0.4 is 10.6 Å². The standard InChI is InChI=1S/C13H14N4OS/c1-8-12(19-17-16-8)13(18)15-10-4-5-11-9(7-10)3-2-6-14-11/h4-5,7,14H,2-3,6H2,1H3,(H,15,18). The molecule has 3 rings (SSSR count). The second-order valence-corrected chi connectivity index (χ2v) is 5.30. The molecule has 2 N–H and O–H groups in total. The van der Waals surface area contributed by atoms with E-state index in [0.29, 0.717) is 10.6 Å². The maximum Gasteiger partial charge on any atom is 0.269 e. The van der Waals surface area contributed by atoms with Gasteiger partial charge >= 0.3 is 0 Å². The number of carbonyl (C=O) groups excluding carboxylic acids is 1. The van der Waals surface area contributed by atoms with Crippen LogP contribution in [0.5, 0.6) is 0 Å². The molecular weight excluding hydrogens is 260 g/mol. The molecule has 0 spiro atoms. The van der Waals surface area contributed by atoms with Crippen LogP contribution in [0.3, 0.4) is 0 Å². The molecule has 0 aliphatic carbocycles. The van der Waals surface area contributed by atoms with Crippen molar-refractivity contribution in [2.75, 3.05) is 17.2 Å². The number of rotatable bonds is 2. The van der Waals surface area contributed by atoms with Gasteiger partial charge in [0.25, 0.3) is 5.91 Å². The van der Waals surface area contributed by atoms with Crippen molar-refractivity contribution in [3.63, 3.8) is 0 Å². The molecule has 2 heterocycles. The number of fused-ring (bicyclic) bond motifs is 1. The van der Waals surface area contributed by atoms with E-state index in [1.807, 2.05) is 18.2 Å². The summed E-state index contributed by atoms with van der Waals surface area (Å²) < 4.78 is 3.78. The van der Waals surface area contributed by atoms with Gasteiger partial charge in [-0.05, 0) is 55.1 Å². The molecule has 98 valence electrons. The van der Waals surface area contributed by atoms with E-state index < -0.39 is 0 Å². The summed E-state index contributed by atoms with van der Waals surface area (Å²) >= 11 is 1.12. The number of anilines is 2. The van der Waals surface area contributed by atoms with Crippen molar-refractivity contribution in [3.8, 4) is 0 Å². The van der Waals surface area contributed by atoms with Crippen LogP contribution in [0, 0.1) is 6.92 Å². The molecule has 19 heavy (non-hydrogen) atoms. The van der Waals surface area contributed by atoms with Crippen LogP contribution in [0.15, 0.2) is 18.2 Å². The molecule has 5 nitrogen and oxygen atoms in total. The monoisotopic (exact) mass is 274 g/mol. The van der Waals surface area contributed by atoms with E-state index in [9.17, 15) is 4.79 Å². The zero-order chi connectivity index (χ0) is 13.2. The summed E-state index contributed by atoms with van der Waals surface area (Å²) in [6, 6.07) is 5.96. The van der Waals surface area contributed by atoms with Gasteiger partial charge in [-0.15, -0.1) is 5.10 Å². The summed E-state index contributed by atoms with van der Waals surface area (Å²) in [5.41, 5.74) is 3.91. The molecule has 1 aromatic carbocycles. The molecule has 6 heteroatoms. The van der Waals surface area contributed by atoms with Gasteiger partial charge < -0.3 is 10.6 Å². The van der Waals surface area contributed by atoms with E-state index >= 15 is 0 Å². The number of nitrogens with one attached hydrogen (secondary N) is 2. The van der Waals surface area contributed by atoms with Crippen molar-refractivity contribution < 1.29 is 4.79 Å². The average Bonchev–Trinajstić information content (AvgIpc) is 2.85. The molecule has 2 aromatic rings. The first-order valence-corrected chi connectivity index (χ1v) is 6.98. The molecule has 0 fully saturated rings. The molecule has 0 atom stereocenters. The zero-order valence-corrected chi connectivity index (χ0v) is 11.4. The van der Waals surface area contributed by atoms with E-state index in [4.69, 9.17) is 0 Å².